The van der Waals surface area contributed by atoms with E-state index in [4.69, 9.17) is 5.26 Å². The molecule has 0 unspecified atom stereocenters. The fraction of sp³-hybridized carbons (Fsp3) is 0.500. The van der Waals surface area contributed by atoms with Crippen LogP contribution in [0.5, 0.6) is 0 Å². The Labute approximate surface area is 107 Å². The third kappa shape index (κ3) is 3.52. The van der Waals surface area contributed by atoms with E-state index in [1.807, 2.05) is 6.07 Å². The van der Waals surface area contributed by atoms with Crippen molar-refractivity contribution in [1.29, 1.82) is 5.26 Å². The van der Waals surface area contributed by atoms with Gasteiger partial charge in [-0.3, -0.25) is 0 Å². The van der Waals surface area contributed by atoms with Crippen LogP contribution < -0.4 is 5.32 Å². The van der Waals surface area contributed by atoms with Gasteiger partial charge in [-0.15, -0.1) is 0 Å². The third-order valence-electron chi connectivity index (χ3n) is 3.30. The minimum Gasteiger partial charge on any atom is -0.311 e. The third-order valence-corrected chi connectivity index (χ3v) is 3.30. The van der Waals surface area contributed by atoms with Gasteiger partial charge in [0.25, 0.3) is 0 Å². The summed E-state index contributed by atoms with van der Waals surface area (Å²) >= 11 is 0. The molecule has 0 radical (unpaired) electrons. The number of nitrogens with zero attached hydrogens (tertiary/aromatic N) is 2. The maximum Gasteiger partial charge on any atom is 0.129 e. The van der Waals surface area contributed by atoms with Gasteiger partial charge in [0, 0.05) is 25.2 Å². The van der Waals surface area contributed by atoms with Crippen molar-refractivity contribution in [2.24, 2.45) is 0 Å². The molecule has 1 aliphatic rings. The van der Waals surface area contributed by atoms with Crippen LogP contribution in [-0.2, 0) is 6.54 Å². The number of halogens is 1. The van der Waals surface area contributed by atoms with Crippen LogP contribution in [0.1, 0.15) is 24.0 Å². The van der Waals surface area contributed by atoms with Crippen molar-refractivity contribution in [1.82, 2.24) is 10.2 Å². The summed E-state index contributed by atoms with van der Waals surface area (Å²) in [6.07, 6.45) is 2.59. The molecular weight excluding hydrogens is 229 g/mol. The molecule has 0 spiro atoms. The van der Waals surface area contributed by atoms with E-state index in [1.54, 1.807) is 12.1 Å². The molecule has 1 fully saturated rings. The van der Waals surface area contributed by atoms with Crippen molar-refractivity contribution < 1.29 is 4.39 Å². The lowest BCUT2D eigenvalue weighted by Gasteiger charge is -2.14. The molecule has 3 nitrogen and oxygen atoms in total. The van der Waals surface area contributed by atoms with E-state index < -0.39 is 0 Å². The number of rotatable bonds is 5. The Morgan fingerprint density at radius 1 is 1.33 bits per heavy atom. The van der Waals surface area contributed by atoms with Crippen molar-refractivity contribution in [3.8, 4) is 6.07 Å². The Kier molecular flexibility index (Phi) is 4.68. The normalized spacial score (nSPS) is 15.8. The van der Waals surface area contributed by atoms with Crippen LogP contribution in [0.3, 0.4) is 0 Å². The van der Waals surface area contributed by atoms with Gasteiger partial charge >= 0.3 is 0 Å². The van der Waals surface area contributed by atoms with E-state index in [0.29, 0.717) is 17.7 Å². The Morgan fingerprint density at radius 3 is 2.78 bits per heavy atom. The lowest BCUT2D eigenvalue weighted by molar-refractivity contribution is 0.335. The highest BCUT2D eigenvalue weighted by Gasteiger charge is 2.10. The van der Waals surface area contributed by atoms with E-state index in [-0.39, 0.29) is 5.82 Å². The lowest BCUT2D eigenvalue weighted by atomic mass is 10.1. The second-order valence-corrected chi connectivity index (χ2v) is 4.64. The fourth-order valence-electron chi connectivity index (χ4n) is 2.23. The Hall–Kier alpha value is -1.44. The highest BCUT2D eigenvalue weighted by Crippen LogP contribution is 2.10. The van der Waals surface area contributed by atoms with E-state index in [1.165, 1.54) is 32.0 Å². The molecule has 0 aromatic heterocycles. The van der Waals surface area contributed by atoms with Gasteiger partial charge in [-0.25, -0.2) is 4.39 Å². The summed E-state index contributed by atoms with van der Waals surface area (Å²) in [5.74, 6) is -0.303. The highest BCUT2D eigenvalue weighted by molar-refractivity contribution is 5.32. The van der Waals surface area contributed by atoms with Crippen LogP contribution in [0.25, 0.3) is 0 Å². The molecule has 1 aliphatic heterocycles. The molecule has 18 heavy (non-hydrogen) atoms. The minimum absolute atomic E-state index is 0.303. The molecule has 1 aromatic rings. The van der Waals surface area contributed by atoms with Gasteiger partial charge in [-0.05, 0) is 38.1 Å². The van der Waals surface area contributed by atoms with Gasteiger partial charge in [0.05, 0.1) is 11.6 Å². The molecule has 1 heterocycles. The largest absolute Gasteiger partial charge is 0.311 e. The predicted molar refractivity (Wildman–Crippen MR) is 68.5 cm³/mol. The summed E-state index contributed by atoms with van der Waals surface area (Å²) in [7, 11) is 0. The van der Waals surface area contributed by atoms with Gasteiger partial charge in [0.2, 0.25) is 0 Å². The Balaban J connectivity index is 1.74. The predicted octanol–water partition coefficient (Wildman–Crippen LogP) is 1.88. The molecule has 1 aromatic carbocycles. The SMILES string of the molecule is N#Cc1ccc(CNCCN2CCCC2)c(F)c1. The van der Waals surface area contributed by atoms with Gasteiger partial charge in [-0.2, -0.15) is 5.26 Å². The number of nitrogens with one attached hydrogen (secondary N) is 1. The second-order valence-electron chi connectivity index (χ2n) is 4.64. The minimum atomic E-state index is -0.303. The van der Waals surface area contributed by atoms with E-state index in [9.17, 15) is 4.39 Å². The molecule has 0 bridgehead atoms. The first-order valence-corrected chi connectivity index (χ1v) is 6.41. The Morgan fingerprint density at radius 2 is 2.11 bits per heavy atom. The van der Waals surface area contributed by atoms with Crippen molar-refractivity contribution in [2.45, 2.75) is 19.4 Å². The van der Waals surface area contributed by atoms with Crippen LogP contribution in [0.2, 0.25) is 0 Å². The number of nitriles is 1. The van der Waals surface area contributed by atoms with E-state index in [0.717, 1.165) is 13.1 Å². The van der Waals surface area contributed by atoms with Crippen molar-refractivity contribution >= 4 is 0 Å². The zero-order chi connectivity index (χ0) is 12.8. The average Bonchev–Trinajstić information content (AvgIpc) is 2.89. The molecule has 1 saturated heterocycles. The van der Waals surface area contributed by atoms with Gasteiger partial charge in [-0.1, -0.05) is 6.07 Å². The summed E-state index contributed by atoms with van der Waals surface area (Å²) in [6, 6.07) is 6.55. The molecule has 4 heteroatoms. The first-order valence-electron chi connectivity index (χ1n) is 6.41. The molecule has 0 saturated carbocycles. The smallest absolute Gasteiger partial charge is 0.129 e. The highest BCUT2D eigenvalue weighted by atomic mass is 19.1. The average molecular weight is 247 g/mol. The van der Waals surface area contributed by atoms with Crippen LogP contribution >= 0.6 is 0 Å². The molecule has 0 atom stereocenters. The van der Waals surface area contributed by atoms with Gasteiger partial charge in [0.15, 0.2) is 0 Å². The van der Waals surface area contributed by atoms with Crippen LogP contribution in [0, 0.1) is 17.1 Å². The maximum atomic E-state index is 13.6. The van der Waals surface area contributed by atoms with Crippen LogP contribution in [0.15, 0.2) is 18.2 Å². The molecule has 0 aliphatic carbocycles. The second kappa shape index (κ2) is 6.48. The van der Waals surface area contributed by atoms with Crippen molar-refractivity contribution in [3.05, 3.63) is 35.1 Å². The van der Waals surface area contributed by atoms with E-state index >= 15 is 0 Å². The first-order chi connectivity index (χ1) is 8.79. The fourth-order valence-corrected chi connectivity index (χ4v) is 2.23. The van der Waals surface area contributed by atoms with Crippen molar-refractivity contribution in [3.63, 3.8) is 0 Å². The van der Waals surface area contributed by atoms with Crippen molar-refractivity contribution in [2.75, 3.05) is 26.2 Å². The monoisotopic (exact) mass is 247 g/mol. The van der Waals surface area contributed by atoms with Crippen LogP contribution in [0.4, 0.5) is 4.39 Å². The summed E-state index contributed by atoms with van der Waals surface area (Å²) in [5.41, 5.74) is 0.990. The lowest BCUT2D eigenvalue weighted by Crippen LogP contribution is -2.29. The van der Waals surface area contributed by atoms with E-state index in [2.05, 4.69) is 10.2 Å². The molecular formula is C14H18FN3. The molecule has 2 rings (SSSR count). The number of hydrogen-bond donors (Lipinski definition) is 1. The summed E-state index contributed by atoms with van der Waals surface area (Å²) in [4.78, 5) is 2.42. The molecule has 96 valence electrons. The zero-order valence-electron chi connectivity index (χ0n) is 10.5. The van der Waals surface area contributed by atoms with Gasteiger partial charge < -0.3 is 10.2 Å². The van der Waals surface area contributed by atoms with Gasteiger partial charge in [0.1, 0.15) is 5.82 Å². The number of benzene rings is 1. The summed E-state index contributed by atoms with van der Waals surface area (Å²) < 4.78 is 13.6. The van der Waals surface area contributed by atoms with Crippen LogP contribution in [-0.4, -0.2) is 31.1 Å². The number of hydrogen-bond acceptors (Lipinski definition) is 3. The summed E-state index contributed by atoms with van der Waals surface area (Å²) in [6.45, 7) is 4.79. The Bertz CT molecular complexity index is 433. The topological polar surface area (TPSA) is 39.1 Å². The molecule has 1 N–H and O–H groups in total. The maximum absolute atomic E-state index is 13.6. The first kappa shape index (κ1) is 13.0. The summed E-state index contributed by atoms with van der Waals surface area (Å²) in [5, 5.41) is 11.9. The number of likely N-dealkylation sites (tertiary alicyclic amines) is 1. The quantitative estimate of drug-likeness (QED) is 0.807. The standard InChI is InChI=1S/C14H18FN3/c15-14-9-12(10-16)3-4-13(14)11-17-5-8-18-6-1-2-7-18/h3-4,9,17H,1-2,5-8,11H2. The zero-order valence-corrected chi connectivity index (χ0v) is 10.5. The molecule has 0 amide bonds.